The van der Waals surface area contributed by atoms with Crippen molar-refractivity contribution in [3.8, 4) is 0 Å². The first-order valence-electron chi connectivity index (χ1n) is 18.9. The van der Waals surface area contributed by atoms with Gasteiger partial charge < -0.3 is 35.9 Å². The van der Waals surface area contributed by atoms with Crippen LogP contribution in [0.4, 0.5) is 17.1 Å². The monoisotopic (exact) mass is 845 g/mol. The van der Waals surface area contributed by atoms with Gasteiger partial charge in [0, 0.05) is 59.4 Å². The Hall–Kier alpha value is -4.56. The van der Waals surface area contributed by atoms with E-state index in [0.29, 0.717) is 46.0 Å². The van der Waals surface area contributed by atoms with Crippen LogP contribution in [-0.4, -0.2) is 94.5 Å². The standard InChI is InChI=1S/C38H51N7O9S3/c1-8-39-31-17-21(4)56(50,51)38-28(31)20-34(55-38)57(52,53)44-36(48)24(7)54-33(47)14-13-32(46)42-25-11-12-29-26(18-25)27(37(49)43-29)19-30-22(5)35(23(6)41-30)40-15-16-45(9-2)10-3/h11-12,18-21,24,31,39-41H,8-10,13-17H2,1-7H3,(H,42,46)(H,43,49)(H,44,48)/b27-19-/t21-,24-,31-/m0/s1. The van der Waals surface area contributed by atoms with E-state index in [2.05, 4.69) is 45.0 Å². The van der Waals surface area contributed by atoms with E-state index in [0.717, 1.165) is 48.8 Å². The molecule has 3 amide bonds. The number of carbonyl (C=O) groups excluding carboxylic acids is 4. The summed E-state index contributed by atoms with van der Waals surface area (Å²) in [4.78, 5) is 57.0. The number of ether oxygens (including phenoxy) is 1. The molecule has 57 heavy (non-hydrogen) atoms. The van der Waals surface area contributed by atoms with Crippen molar-refractivity contribution in [3.63, 3.8) is 0 Å². The lowest BCUT2D eigenvalue weighted by Crippen LogP contribution is -2.39. The van der Waals surface area contributed by atoms with Gasteiger partial charge in [-0.3, -0.25) is 19.2 Å². The fourth-order valence-corrected chi connectivity index (χ4v) is 11.8. The molecule has 0 fully saturated rings. The second kappa shape index (κ2) is 17.9. The van der Waals surface area contributed by atoms with Crippen molar-refractivity contribution in [2.45, 2.75) is 93.5 Å². The summed E-state index contributed by atoms with van der Waals surface area (Å²) in [5.74, 6) is -2.89. The zero-order chi connectivity index (χ0) is 41.8. The number of hydrogen-bond donors (Lipinski definition) is 6. The Morgan fingerprint density at radius 2 is 1.82 bits per heavy atom. The highest BCUT2D eigenvalue weighted by Gasteiger charge is 2.40. The van der Waals surface area contributed by atoms with Gasteiger partial charge in [-0.25, -0.2) is 21.6 Å². The molecule has 4 heterocycles. The van der Waals surface area contributed by atoms with E-state index in [-0.39, 0.29) is 33.2 Å². The van der Waals surface area contributed by atoms with Crippen LogP contribution in [0.3, 0.4) is 0 Å². The minimum Gasteiger partial charge on any atom is -0.452 e. The minimum absolute atomic E-state index is 0.0648. The third kappa shape index (κ3) is 9.77. The number of nitrogens with zero attached hydrogens (tertiary/aromatic N) is 1. The van der Waals surface area contributed by atoms with E-state index >= 15 is 0 Å². The van der Waals surface area contributed by atoms with Gasteiger partial charge in [0.25, 0.3) is 21.8 Å². The molecule has 3 aromatic rings. The quantitative estimate of drug-likeness (QED) is 0.0826. The van der Waals surface area contributed by atoms with Crippen molar-refractivity contribution >= 4 is 83.6 Å². The molecule has 0 saturated heterocycles. The van der Waals surface area contributed by atoms with Gasteiger partial charge in [0.15, 0.2) is 15.9 Å². The predicted octanol–water partition coefficient (Wildman–Crippen LogP) is 4.31. The minimum atomic E-state index is -4.51. The number of aromatic amines is 1. The molecule has 0 aliphatic carbocycles. The third-order valence-corrected chi connectivity index (χ3v) is 15.8. The summed E-state index contributed by atoms with van der Waals surface area (Å²) >= 11 is 0.564. The number of esters is 1. The van der Waals surface area contributed by atoms with Crippen LogP contribution in [0.15, 0.2) is 32.7 Å². The molecule has 0 unspecified atom stereocenters. The molecule has 0 saturated carbocycles. The molecule has 5 rings (SSSR count). The van der Waals surface area contributed by atoms with Crippen molar-refractivity contribution in [2.75, 3.05) is 48.7 Å². The van der Waals surface area contributed by atoms with Crippen LogP contribution in [0.1, 0.15) is 88.0 Å². The fraction of sp³-hybridized carbons (Fsp3) is 0.474. The average Bonchev–Trinajstić information content (AvgIpc) is 3.83. The lowest BCUT2D eigenvalue weighted by atomic mass is 10.0. The van der Waals surface area contributed by atoms with Crippen LogP contribution < -0.4 is 26.0 Å². The molecule has 0 radical (unpaired) electrons. The molecule has 19 heteroatoms. The molecule has 3 atom stereocenters. The SMILES string of the molecule is CCN[C@H]1C[C@H](C)S(=O)(=O)c2sc(S(=O)(=O)NC(=O)[C@H](C)OC(=O)CCC(=O)Nc3ccc4c(c3)/C(=C/c3[nH]c(C)c(NCCN(CC)CC)c3C)C(=O)N4)cc21. The number of H-pyrrole nitrogens is 1. The molecule has 16 nitrogen and oxygen atoms in total. The number of sulfonamides is 1. The maximum absolute atomic E-state index is 13.1. The first kappa shape index (κ1) is 43.6. The fourth-order valence-electron chi connectivity index (χ4n) is 6.80. The Morgan fingerprint density at radius 3 is 2.51 bits per heavy atom. The molecule has 2 aromatic heterocycles. The summed E-state index contributed by atoms with van der Waals surface area (Å²) in [6.07, 6.45) is -0.216. The molecule has 310 valence electrons. The first-order chi connectivity index (χ1) is 26.9. The number of carbonyl (C=O) groups is 4. The largest absolute Gasteiger partial charge is 0.452 e. The van der Waals surface area contributed by atoms with Crippen molar-refractivity contribution in [2.24, 2.45) is 0 Å². The number of fused-ring (bicyclic) bond motifs is 2. The van der Waals surface area contributed by atoms with Crippen LogP contribution in [0.5, 0.6) is 0 Å². The molecular formula is C38H51N7O9S3. The lowest BCUT2D eigenvalue weighted by molar-refractivity contribution is -0.154. The van der Waals surface area contributed by atoms with E-state index in [1.54, 1.807) is 31.2 Å². The normalized spacial score (nSPS) is 18.5. The van der Waals surface area contributed by atoms with Gasteiger partial charge in [0.2, 0.25) is 5.91 Å². The molecule has 1 aromatic carbocycles. The molecular weight excluding hydrogens is 795 g/mol. The summed E-state index contributed by atoms with van der Waals surface area (Å²) < 4.78 is 58.7. The number of rotatable bonds is 17. The van der Waals surface area contributed by atoms with Crippen molar-refractivity contribution in [3.05, 3.63) is 52.3 Å². The summed E-state index contributed by atoms with van der Waals surface area (Å²) in [6.45, 7) is 16.9. The van der Waals surface area contributed by atoms with Crippen molar-refractivity contribution < 1.29 is 40.8 Å². The van der Waals surface area contributed by atoms with Crippen molar-refractivity contribution in [1.29, 1.82) is 0 Å². The second-order valence-corrected chi connectivity index (χ2v) is 19.6. The van der Waals surface area contributed by atoms with E-state index in [9.17, 15) is 36.0 Å². The van der Waals surface area contributed by atoms with E-state index in [1.807, 2.05) is 25.5 Å². The van der Waals surface area contributed by atoms with E-state index < -0.39 is 55.4 Å². The molecule has 2 aliphatic heterocycles. The third-order valence-electron chi connectivity index (χ3n) is 10.1. The summed E-state index contributed by atoms with van der Waals surface area (Å²) in [5, 5.41) is 11.5. The number of sulfone groups is 1. The van der Waals surface area contributed by atoms with Crippen molar-refractivity contribution in [1.82, 2.24) is 19.9 Å². The highest BCUT2D eigenvalue weighted by Crippen LogP contribution is 2.43. The highest BCUT2D eigenvalue weighted by atomic mass is 32.3. The second-order valence-electron chi connectivity index (χ2n) is 14.0. The number of thiophene rings is 1. The van der Waals surface area contributed by atoms with Crippen LogP contribution in [-0.2, 0) is 43.8 Å². The van der Waals surface area contributed by atoms with Crippen LogP contribution >= 0.6 is 11.3 Å². The number of benzene rings is 1. The van der Waals surface area contributed by atoms with Gasteiger partial charge in [-0.2, -0.15) is 0 Å². The van der Waals surface area contributed by atoms with Crippen LogP contribution in [0.25, 0.3) is 11.6 Å². The number of aryl methyl sites for hydroxylation is 1. The topological polar surface area (TPSA) is 225 Å². The van der Waals surface area contributed by atoms with Gasteiger partial charge in [-0.1, -0.05) is 20.8 Å². The van der Waals surface area contributed by atoms with Gasteiger partial charge >= 0.3 is 5.97 Å². The van der Waals surface area contributed by atoms with Crippen LogP contribution in [0.2, 0.25) is 0 Å². The first-order valence-corrected chi connectivity index (χ1v) is 22.7. The molecule has 0 bridgehead atoms. The van der Waals surface area contributed by atoms with Gasteiger partial charge in [-0.15, -0.1) is 11.3 Å². The van der Waals surface area contributed by atoms with E-state index in [1.165, 1.54) is 13.0 Å². The Kier molecular flexibility index (Phi) is 13.7. The van der Waals surface area contributed by atoms with Crippen LogP contribution in [0, 0.1) is 13.8 Å². The van der Waals surface area contributed by atoms with Gasteiger partial charge in [0.05, 0.1) is 22.9 Å². The number of hydrogen-bond acceptors (Lipinski definition) is 13. The average molecular weight is 846 g/mol. The van der Waals surface area contributed by atoms with Gasteiger partial charge in [0.1, 0.15) is 8.42 Å². The summed E-state index contributed by atoms with van der Waals surface area (Å²) in [5.41, 5.74) is 5.97. The number of aromatic nitrogens is 1. The van der Waals surface area contributed by atoms with Gasteiger partial charge in [-0.05, 0) is 89.7 Å². The maximum Gasteiger partial charge on any atom is 0.307 e. The Bertz CT molecular complexity index is 2290. The summed E-state index contributed by atoms with van der Waals surface area (Å²) in [6, 6.07) is 5.83. The lowest BCUT2D eigenvalue weighted by Gasteiger charge is -2.27. The Morgan fingerprint density at radius 1 is 1.11 bits per heavy atom. The number of amides is 3. The molecule has 2 aliphatic rings. The maximum atomic E-state index is 13.1. The highest BCUT2D eigenvalue weighted by molar-refractivity contribution is 7.95. The zero-order valence-corrected chi connectivity index (χ0v) is 35.6. The zero-order valence-electron chi connectivity index (χ0n) is 33.1. The smallest absolute Gasteiger partial charge is 0.307 e. The number of likely N-dealkylation sites (N-methyl/N-ethyl adjacent to an activating group) is 1. The Labute approximate surface area is 337 Å². The van der Waals surface area contributed by atoms with E-state index in [4.69, 9.17) is 4.74 Å². The summed E-state index contributed by atoms with van der Waals surface area (Å²) in [7, 11) is -8.26. The molecule has 6 N–H and O–H groups in total. The number of nitrogens with one attached hydrogen (secondary N) is 6. The number of anilines is 3. The Balaban J connectivity index is 1.16. The molecule has 0 spiro atoms. The predicted molar refractivity (Wildman–Crippen MR) is 220 cm³/mol.